The second kappa shape index (κ2) is 7.01. The quantitative estimate of drug-likeness (QED) is 0.642. The van der Waals surface area contributed by atoms with E-state index in [-0.39, 0.29) is 11.3 Å². The van der Waals surface area contributed by atoms with Gasteiger partial charge < -0.3 is 4.90 Å². The predicted molar refractivity (Wildman–Crippen MR) is 114 cm³/mol. The Hall–Kier alpha value is -2.75. The van der Waals surface area contributed by atoms with Crippen molar-refractivity contribution in [3.05, 3.63) is 54.1 Å². The van der Waals surface area contributed by atoms with Crippen molar-refractivity contribution in [1.29, 1.82) is 0 Å². The highest BCUT2D eigenvalue weighted by molar-refractivity contribution is 5.93. The number of benzene rings is 2. The van der Waals surface area contributed by atoms with E-state index < -0.39 is 0 Å². The molecular formula is C24H27N3O. The number of aromatic nitrogens is 2. The predicted octanol–water partition coefficient (Wildman–Crippen LogP) is 5.05. The monoisotopic (exact) mass is 373 g/mol. The zero-order valence-corrected chi connectivity index (χ0v) is 17.1. The molecule has 144 valence electrons. The molecule has 0 radical (unpaired) electrons. The first kappa shape index (κ1) is 18.6. The summed E-state index contributed by atoms with van der Waals surface area (Å²) in [7, 11) is 0. The Morgan fingerprint density at radius 2 is 1.71 bits per heavy atom. The third kappa shape index (κ3) is 3.64. The van der Waals surface area contributed by atoms with E-state index in [1.807, 2.05) is 30.3 Å². The van der Waals surface area contributed by atoms with Gasteiger partial charge in [0.05, 0.1) is 11.4 Å². The normalized spacial score (nSPS) is 14.9. The standard InChI is InChI=1S/C24H27N3O/c1-16-9-5-6-10-18(16)22-25-20-12-8-7-11-19(20)23(26-22)27-14-17(15-27)21(28)13-24(2,3)4/h5-12,17H,13-15H2,1-4H3. The maximum atomic E-state index is 12.6. The molecule has 1 aliphatic rings. The first-order valence-electron chi connectivity index (χ1n) is 9.92. The Bertz CT molecular complexity index is 1030. The SMILES string of the molecule is Cc1ccccc1-c1nc(N2CC(C(=O)CC(C)(C)C)C2)c2ccccc2n1. The fraction of sp³-hybridized carbons (Fsp3) is 0.375. The maximum Gasteiger partial charge on any atom is 0.162 e. The number of aryl methyl sites for hydroxylation is 1. The average Bonchev–Trinajstić information content (AvgIpc) is 2.59. The number of fused-ring (bicyclic) bond motifs is 1. The van der Waals surface area contributed by atoms with Crippen molar-refractivity contribution >= 4 is 22.5 Å². The van der Waals surface area contributed by atoms with Crippen molar-refractivity contribution in [2.75, 3.05) is 18.0 Å². The van der Waals surface area contributed by atoms with Gasteiger partial charge >= 0.3 is 0 Å². The molecule has 2 heterocycles. The summed E-state index contributed by atoms with van der Waals surface area (Å²) < 4.78 is 0. The van der Waals surface area contributed by atoms with Crippen LogP contribution in [0.25, 0.3) is 22.3 Å². The molecule has 0 N–H and O–H groups in total. The molecule has 0 amide bonds. The van der Waals surface area contributed by atoms with Crippen molar-refractivity contribution in [2.24, 2.45) is 11.3 Å². The average molecular weight is 374 g/mol. The number of nitrogens with zero attached hydrogens (tertiary/aromatic N) is 3. The minimum absolute atomic E-state index is 0.0388. The van der Waals surface area contributed by atoms with E-state index in [0.29, 0.717) is 12.2 Å². The molecular weight excluding hydrogens is 346 g/mol. The van der Waals surface area contributed by atoms with Crippen molar-refractivity contribution in [2.45, 2.75) is 34.1 Å². The molecule has 1 fully saturated rings. The van der Waals surface area contributed by atoms with Crippen LogP contribution in [0, 0.1) is 18.3 Å². The molecule has 0 unspecified atom stereocenters. The van der Waals surface area contributed by atoms with E-state index in [9.17, 15) is 4.79 Å². The number of hydrogen-bond donors (Lipinski definition) is 0. The zero-order chi connectivity index (χ0) is 19.9. The summed E-state index contributed by atoms with van der Waals surface area (Å²) in [5, 5.41) is 1.04. The van der Waals surface area contributed by atoms with E-state index in [0.717, 1.165) is 46.8 Å². The summed E-state index contributed by atoms with van der Waals surface area (Å²) in [5.74, 6) is 2.15. The van der Waals surface area contributed by atoms with Gasteiger partial charge in [-0.05, 0) is 30.0 Å². The summed E-state index contributed by atoms with van der Waals surface area (Å²) in [6.45, 7) is 9.92. The van der Waals surface area contributed by atoms with Crippen LogP contribution in [0.4, 0.5) is 5.82 Å². The highest BCUT2D eigenvalue weighted by atomic mass is 16.1. The molecule has 0 atom stereocenters. The lowest BCUT2D eigenvalue weighted by Crippen LogP contribution is -2.51. The Morgan fingerprint density at radius 1 is 1.04 bits per heavy atom. The van der Waals surface area contributed by atoms with Gasteiger partial charge in [0.1, 0.15) is 11.6 Å². The van der Waals surface area contributed by atoms with E-state index >= 15 is 0 Å². The molecule has 4 heteroatoms. The van der Waals surface area contributed by atoms with E-state index in [4.69, 9.17) is 9.97 Å². The van der Waals surface area contributed by atoms with Crippen LogP contribution < -0.4 is 4.90 Å². The molecule has 0 aliphatic carbocycles. The number of rotatable bonds is 4. The fourth-order valence-corrected chi connectivity index (χ4v) is 3.77. The van der Waals surface area contributed by atoms with Gasteiger partial charge in [0, 0.05) is 30.5 Å². The molecule has 1 aliphatic heterocycles. The molecule has 4 nitrogen and oxygen atoms in total. The van der Waals surface area contributed by atoms with Crippen molar-refractivity contribution in [1.82, 2.24) is 9.97 Å². The first-order chi connectivity index (χ1) is 13.3. The van der Waals surface area contributed by atoms with Crippen molar-refractivity contribution in [3.8, 4) is 11.4 Å². The maximum absolute atomic E-state index is 12.6. The topological polar surface area (TPSA) is 46.1 Å². The number of para-hydroxylation sites is 1. The van der Waals surface area contributed by atoms with Crippen LogP contribution in [0.15, 0.2) is 48.5 Å². The minimum atomic E-state index is 0.0388. The molecule has 2 aromatic carbocycles. The second-order valence-corrected chi connectivity index (χ2v) is 9.01. The Labute approximate surface area is 166 Å². The van der Waals surface area contributed by atoms with Crippen LogP contribution in [0.3, 0.4) is 0 Å². The van der Waals surface area contributed by atoms with Gasteiger partial charge in [-0.1, -0.05) is 57.2 Å². The lowest BCUT2D eigenvalue weighted by molar-refractivity contribution is -0.125. The summed E-state index contributed by atoms with van der Waals surface area (Å²) in [4.78, 5) is 24.5. The molecule has 3 aromatic rings. The van der Waals surface area contributed by atoms with Gasteiger partial charge in [0.25, 0.3) is 0 Å². The van der Waals surface area contributed by atoms with E-state index in [1.54, 1.807) is 0 Å². The molecule has 4 rings (SSSR count). The lowest BCUT2D eigenvalue weighted by atomic mass is 9.83. The summed E-state index contributed by atoms with van der Waals surface area (Å²) in [6.07, 6.45) is 0.629. The largest absolute Gasteiger partial charge is 0.354 e. The van der Waals surface area contributed by atoms with Gasteiger partial charge in [0.15, 0.2) is 5.82 Å². The van der Waals surface area contributed by atoms with Crippen molar-refractivity contribution in [3.63, 3.8) is 0 Å². The Balaban J connectivity index is 1.66. The summed E-state index contributed by atoms with van der Waals surface area (Å²) in [5.41, 5.74) is 3.19. The van der Waals surface area contributed by atoms with Crippen LogP contribution in [-0.2, 0) is 4.79 Å². The molecule has 0 saturated carbocycles. The van der Waals surface area contributed by atoms with Crippen LogP contribution in [0.5, 0.6) is 0 Å². The van der Waals surface area contributed by atoms with Gasteiger partial charge in [0.2, 0.25) is 0 Å². The number of hydrogen-bond acceptors (Lipinski definition) is 4. The third-order valence-corrected chi connectivity index (χ3v) is 5.31. The molecule has 1 saturated heterocycles. The number of carbonyl (C=O) groups is 1. The van der Waals surface area contributed by atoms with Crippen molar-refractivity contribution < 1.29 is 4.79 Å². The smallest absolute Gasteiger partial charge is 0.162 e. The first-order valence-corrected chi connectivity index (χ1v) is 9.92. The van der Waals surface area contributed by atoms with Gasteiger partial charge in [-0.3, -0.25) is 4.79 Å². The van der Waals surface area contributed by atoms with Crippen LogP contribution in [-0.4, -0.2) is 28.8 Å². The number of ketones is 1. The highest BCUT2D eigenvalue weighted by Crippen LogP contribution is 2.34. The zero-order valence-electron chi connectivity index (χ0n) is 17.1. The number of Topliss-reactive ketones (excluding diaryl/α,β-unsaturated/α-hetero) is 1. The molecule has 28 heavy (non-hydrogen) atoms. The van der Waals surface area contributed by atoms with E-state index in [2.05, 4.69) is 50.8 Å². The third-order valence-electron chi connectivity index (χ3n) is 5.31. The summed E-state index contributed by atoms with van der Waals surface area (Å²) >= 11 is 0. The van der Waals surface area contributed by atoms with Gasteiger partial charge in [-0.2, -0.15) is 0 Å². The summed E-state index contributed by atoms with van der Waals surface area (Å²) in [6, 6.07) is 16.3. The lowest BCUT2D eigenvalue weighted by Gasteiger charge is -2.40. The molecule has 1 aromatic heterocycles. The van der Waals surface area contributed by atoms with Gasteiger partial charge in [-0.25, -0.2) is 9.97 Å². The number of anilines is 1. The van der Waals surface area contributed by atoms with Crippen LogP contribution in [0.1, 0.15) is 32.8 Å². The van der Waals surface area contributed by atoms with Crippen LogP contribution >= 0.6 is 0 Å². The fourth-order valence-electron chi connectivity index (χ4n) is 3.77. The van der Waals surface area contributed by atoms with Gasteiger partial charge in [-0.15, -0.1) is 0 Å². The number of carbonyl (C=O) groups excluding carboxylic acids is 1. The Kier molecular flexibility index (Phi) is 4.66. The molecule has 0 spiro atoms. The molecule has 0 bridgehead atoms. The van der Waals surface area contributed by atoms with Crippen LogP contribution in [0.2, 0.25) is 0 Å². The second-order valence-electron chi connectivity index (χ2n) is 9.01. The Morgan fingerprint density at radius 3 is 2.43 bits per heavy atom. The van der Waals surface area contributed by atoms with E-state index in [1.165, 1.54) is 0 Å². The highest BCUT2D eigenvalue weighted by Gasteiger charge is 2.35. The minimum Gasteiger partial charge on any atom is -0.354 e.